The van der Waals surface area contributed by atoms with Gasteiger partial charge in [0.1, 0.15) is 12.4 Å². The minimum Gasteiger partial charge on any atom is -0.492 e. The smallest absolute Gasteiger partial charge is 0.229 e. The van der Waals surface area contributed by atoms with Crippen LogP contribution in [0, 0.1) is 5.92 Å². The highest BCUT2D eigenvalue weighted by Gasteiger charge is 2.33. The minimum absolute atomic E-state index is 0.0583. The van der Waals surface area contributed by atoms with E-state index in [4.69, 9.17) is 10.5 Å². The second-order valence-corrected chi connectivity index (χ2v) is 5.74. The summed E-state index contributed by atoms with van der Waals surface area (Å²) < 4.78 is 5.74. The zero-order chi connectivity index (χ0) is 13.9. The van der Waals surface area contributed by atoms with Crippen LogP contribution in [0.25, 0.3) is 0 Å². The number of rotatable bonds is 2. The second-order valence-electron chi connectivity index (χ2n) is 5.74. The Bertz CT molecular complexity index is 489. The quantitative estimate of drug-likeness (QED) is 0.891. The third kappa shape index (κ3) is 2.52. The number of para-hydroxylation sites is 1. The Morgan fingerprint density at radius 2 is 2.20 bits per heavy atom. The Hall–Kier alpha value is -1.55. The van der Waals surface area contributed by atoms with Crippen molar-refractivity contribution in [2.45, 2.75) is 31.7 Å². The highest BCUT2D eigenvalue weighted by atomic mass is 16.5. The molecule has 0 bridgehead atoms. The van der Waals surface area contributed by atoms with Gasteiger partial charge in [-0.05, 0) is 37.3 Å². The van der Waals surface area contributed by atoms with Crippen LogP contribution in [-0.2, 0) is 11.2 Å². The first kappa shape index (κ1) is 13.4. The van der Waals surface area contributed by atoms with E-state index in [9.17, 15) is 4.79 Å². The van der Waals surface area contributed by atoms with Crippen LogP contribution in [0.4, 0.5) is 0 Å². The van der Waals surface area contributed by atoms with Gasteiger partial charge in [-0.2, -0.15) is 0 Å². The summed E-state index contributed by atoms with van der Waals surface area (Å²) in [7, 11) is 0. The molecule has 2 aliphatic rings. The summed E-state index contributed by atoms with van der Waals surface area (Å²) in [6, 6.07) is 8.20. The van der Waals surface area contributed by atoms with Crippen molar-refractivity contribution in [2.24, 2.45) is 11.7 Å². The van der Waals surface area contributed by atoms with Gasteiger partial charge in [0.15, 0.2) is 0 Å². The van der Waals surface area contributed by atoms with Crippen molar-refractivity contribution < 1.29 is 9.53 Å². The number of nitrogens with two attached hydrogens (primary N) is 1. The number of carbonyl (C=O) groups excluding carboxylic acids is 1. The van der Waals surface area contributed by atoms with Crippen LogP contribution >= 0.6 is 0 Å². The maximum atomic E-state index is 12.7. The van der Waals surface area contributed by atoms with E-state index < -0.39 is 0 Å². The molecule has 4 nitrogen and oxygen atoms in total. The summed E-state index contributed by atoms with van der Waals surface area (Å²) in [5.41, 5.74) is 6.95. The van der Waals surface area contributed by atoms with Crippen LogP contribution < -0.4 is 10.5 Å². The molecule has 4 heteroatoms. The molecule has 2 heterocycles. The summed E-state index contributed by atoms with van der Waals surface area (Å²) in [4.78, 5) is 14.7. The normalized spacial score (nSPS) is 25.8. The van der Waals surface area contributed by atoms with Gasteiger partial charge in [0.05, 0.1) is 5.92 Å². The SMILES string of the molecule is NCC1CCCCN1C(=O)C1COc2ccccc2C1. The lowest BCUT2D eigenvalue weighted by atomic mass is 9.93. The number of piperidine rings is 1. The molecule has 1 fully saturated rings. The molecular formula is C16H22N2O2. The van der Waals surface area contributed by atoms with Gasteiger partial charge in [-0.3, -0.25) is 4.79 Å². The van der Waals surface area contributed by atoms with Gasteiger partial charge in [-0.1, -0.05) is 18.2 Å². The fourth-order valence-corrected chi connectivity index (χ4v) is 3.26. The highest BCUT2D eigenvalue weighted by molar-refractivity contribution is 5.80. The molecule has 108 valence electrons. The number of hydrogen-bond donors (Lipinski definition) is 1. The second kappa shape index (κ2) is 5.83. The Labute approximate surface area is 119 Å². The predicted molar refractivity (Wildman–Crippen MR) is 77.5 cm³/mol. The summed E-state index contributed by atoms with van der Waals surface area (Å²) in [5.74, 6) is 1.08. The molecule has 2 unspecified atom stereocenters. The number of amides is 1. The van der Waals surface area contributed by atoms with E-state index in [1.54, 1.807) is 0 Å². The molecule has 1 saturated heterocycles. The van der Waals surface area contributed by atoms with Crippen molar-refractivity contribution in [2.75, 3.05) is 19.7 Å². The average molecular weight is 274 g/mol. The van der Waals surface area contributed by atoms with Crippen LogP contribution in [-0.4, -0.2) is 36.5 Å². The number of carbonyl (C=O) groups is 1. The molecule has 0 aliphatic carbocycles. The topological polar surface area (TPSA) is 55.6 Å². The molecule has 0 spiro atoms. The zero-order valence-corrected chi connectivity index (χ0v) is 11.8. The molecular weight excluding hydrogens is 252 g/mol. The molecule has 0 aromatic heterocycles. The predicted octanol–water partition coefficient (Wildman–Crippen LogP) is 1.58. The van der Waals surface area contributed by atoms with Gasteiger partial charge in [0, 0.05) is 19.1 Å². The van der Waals surface area contributed by atoms with Crippen LogP contribution in [0.2, 0.25) is 0 Å². The lowest BCUT2D eigenvalue weighted by Gasteiger charge is -2.38. The summed E-state index contributed by atoms with van der Waals surface area (Å²) in [6.45, 7) is 1.90. The highest BCUT2D eigenvalue weighted by Crippen LogP contribution is 2.29. The van der Waals surface area contributed by atoms with Gasteiger partial charge in [0.2, 0.25) is 5.91 Å². The number of benzene rings is 1. The van der Waals surface area contributed by atoms with Crippen LogP contribution in [0.3, 0.4) is 0 Å². The monoisotopic (exact) mass is 274 g/mol. The molecule has 1 aromatic rings. The Balaban J connectivity index is 1.72. The average Bonchev–Trinajstić information content (AvgIpc) is 2.53. The third-order valence-corrected chi connectivity index (χ3v) is 4.41. The Morgan fingerprint density at radius 1 is 1.35 bits per heavy atom. The number of likely N-dealkylation sites (tertiary alicyclic amines) is 1. The minimum atomic E-state index is -0.0583. The molecule has 2 aliphatic heterocycles. The lowest BCUT2D eigenvalue weighted by Crippen LogP contribution is -2.51. The van der Waals surface area contributed by atoms with Crippen molar-refractivity contribution in [3.05, 3.63) is 29.8 Å². The molecule has 1 amide bonds. The molecule has 3 rings (SSSR count). The molecule has 0 radical (unpaired) electrons. The van der Waals surface area contributed by atoms with Crippen molar-refractivity contribution in [3.63, 3.8) is 0 Å². The first-order valence-corrected chi connectivity index (χ1v) is 7.51. The first-order chi connectivity index (χ1) is 9.79. The van der Waals surface area contributed by atoms with Crippen LogP contribution in [0.5, 0.6) is 5.75 Å². The van der Waals surface area contributed by atoms with E-state index in [1.807, 2.05) is 29.2 Å². The summed E-state index contributed by atoms with van der Waals surface area (Å²) in [5, 5.41) is 0. The third-order valence-electron chi connectivity index (χ3n) is 4.41. The molecule has 2 atom stereocenters. The van der Waals surface area contributed by atoms with Crippen molar-refractivity contribution in [1.29, 1.82) is 0 Å². The Kier molecular flexibility index (Phi) is 3.92. The van der Waals surface area contributed by atoms with Crippen molar-refractivity contribution in [1.82, 2.24) is 4.90 Å². The van der Waals surface area contributed by atoms with Gasteiger partial charge in [-0.25, -0.2) is 0 Å². The van der Waals surface area contributed by atoms with Crippen LogP contribution in [0.1, 0.15) is 24.8 Å². The van der Waals surface area contributed by atoms with E-state index in [-0.39, 0.29) is 17.9 Å². The van der Waals surface area contributed by atoms with Gasteiger partial charge in [0.25, 0.3) is 0 Å². The Morgan fingerprint density at radius 3 is 3.05 bits per heavy atom. The first-order valence-electron chi connectivity index (χ1n) is 7.51. The standard InChI is InChI=1S/C16H22N2O2/c17-10-14-6-3-4-8-18(14)16(19)13-9-12-5-1-2-7-15(12)20-11-13/h1-2,5,7,13-14H,3-4,6,8-11,17H2. The molecule has 0 saturated carbocycles. The summed E-state index contributed by atoms with van der Waals surface area (Å²) in [6.07, 6.45) is 4.08. The van der Waals surface area contributed by atoms with E-state index in [0.717, 1.165) is 37.1 Å². The fourth-order valence-electron chi connectivity index (χ4n) is 3.26. The maximum absolute atomic E-state index is 12.7. The van der Waals surface area contributed by atoms with Crippen molar-refractivity contribution >= 4 is 5.91 Å². The largest absolute Gasteiger partial charge is 0.492 e. The fraction of sp³-hybridized carbons (Fsp3) is 0.562. The van der Waals surface area contributed by atoms with Gasteiger partial charge < -0.3 is 15.4 Å². The summed E-state index contributed by atoms with van der Waals surface area (Å²) >= 11 is 0. The van der Waals surface area contributed by atoms with Crippen LogP contribution in [0.15, 0.2) is 24.3 Å². The van der Waals surface area contributed by atoms with E-state index in [1.165, 1.54) is 6.42 Å². The maximum Gasteiger partial charge on any atom is 0.229 e. The van der Waals surface area contributed by atoms with Crippen molar-refractivity contribution in [3.8, 4) is 5.75 Å². The molecule has 2 N–H and O–H groups in total. The number of nitrogens with zero attached hydrogens (tertiary/aromatic N) is 1. The number of hydrogen-bond acceptors (Lipinski definition) is 3. The molecule has 1 aromatic carbocycles. The zero-order valence-electron chi connectivity index (χ0n) is 11.8. The number of fused-ring (bicyclic) bond motifs is 1. The van der Waals surface area contributed by atoms with E-state index in [2.05, 4.69) is 0 Å². The lowest BCUT2D eigenvalue weighted by molar-refractivity contribution is -0.140. The number of ether oxygens (including phenoxy) is 1. The van der Waals surface area contributed by atoms with Gasteiger partial charge >= 0.3 is 0 Å². The molecule has 20 heavy (non-hydrogen) atoms. The van der Waals surface area contributed by atoms with E-state index in [0.29, 0.717) is 13.2 Å². The van der Waals surface area contributed by atoms with Gasteiger partial charge in [-0.15, -0.1) is 0 Å². The van der Waals surface area contributed by atoms with E-state index >= 15 is 0 Å².